The molecule has 0 aliphatic carbocycles. The lowest BCUT2D eigenvalue weighted by Crippen LogP contribution is -2.30. The molecule has 3 heterocycles. The quantitative estimate of drug-likeness (QED) is 0.210. The van der Waals surface area contributed by atoms with Gasteiger partial charge in [-0.3, -0.25) is 0 Å². The first-order valence-corrected chi connectivity index (χ1v) is 14.4. The highest BCUT2D eigenvalue weighted by atomic mass is 16.5. The molecule has 194 valence electrons. The van der Waals surface area contributed by atoms with Gasteiger partial charge in [-0.05, 0) is 121 Å². The van der Waals surface area contributed by atoms with Gasteiger partial charge in [-0.25, -0.2) is 4.98 Å². The Balaban J connectivity index is 1.10. The Hall–Kier alpha value is -2.37. The van der Waals surface area contributed by atoms with Crippen LogP contribution in [0.25, 0.3) is 21.8 Å². The predicted molar refractivity (Wildman–Crippen MR) is 149 cm³/mol. The SMILES string of the molecule is c1cc2cc3ccc(OCCCCN4CCCCC4)cc3nc2cc1OCCCCN1CCCCC1. The van der Waals surface area contributed by atoms with E-state index in [0.29, 0.717) is 0 Å². The lowest BCUT2D eigenvalue weighted by molar-refractivity contribution is 0.216. The number of unbranched alkanes of at least 4 members (excludes halogenated alkanes) is 2. The maximum atomic E-state index is 6.07. The smallest absolute Gasteiger partial charge is 0.121 e. The number of aromatic nitrogens is 1. The fourth-order valence-electron chi connectivity index (χ4n) is 5.58. The zero-order valence-corrected chi connectivity index (χ0v) is 21.9. The van der Waals surface area contributed by atoms with Crippen LogP contribution < -0.4 is 9.47 Å². The summed E-state index contributed by atoms with van der Waals surface area (Å²) >= 11 is 0. The Kier molecular flexibility index (Phi) is 9.31. The molecule has 2 aromatic carbocycles. The van der Waals surface area contributed by atoms with Gasteiger partial charge in [0.15, 0.2) is 0 Å². The van der Waals surface area contributed by atoms with E-state index in [9.17, 15) is 0 Å². The topological polar surface area (TPSA) is 37.8 Å². The van der Waals surface area contributed by atoms with Crippen molar-refractivity contribution in [3.8, 4) is 11.5 Å². The van der Waals surface area contributed by atoms with Gasteiger partial charge >= 0.3 is 0 Å². The van der Waals surface area contributed by atoms with Crippen LogP contribution in [0.5, 0.6) is 11.5 Å². The third kappa shape index (κ3) is 7.33. The molecule has 0 radical (unpaired) electrons. The molecule has 0 spiro atoms. The summed E-state index contributed by atoms with van der Waals surface area (Å²) in [7, 11) is 0. The fraction of sp³-hybridized carbons (Fsp3) is 0.581. The normalized spacial score (nSPS) is 17.6. The van der Waals surface area contributed by atoms with Crippen LogP contribution in [0.15, 0.2) is 42.5 Å². The molecule has 1 aromatic heterocycles. The minimum Gasteiger partial charge on any atom is -0.494 e. The van der Waals surface area contributed by atoms with Crippen molar-refractivity contribution < 1.29 is 9.47 Å². The first-order valence-electron chi connectivity index (χ1n) is 14.4. The van der Waals surface area contributed by atoms with Gasteiger partial charge in [0.2, 0.25) is 0 Å². The largest absolute Gasteiger partial charge is 0.494 e. The van der Waals surface area contributed by atoms with Gasteiger partial charge in [0, 0.05) is 22.9 Å². The van der Waals surface area contributed by atoms with E-state index in [1.807, 2.05) is 0 Å². The van der Waals surface area contributed by atoms with E-state index in [0.717, 1.165) is 59.4 Å². The maximum absolute atomic E-state index is 6.07. The van der Waals surface area contributed by atoms with E-state index in [1.54, 1.807) is 0 Å². The Bertz CT molecular complexity index is 1010. The average molecular weight is 490 g/mol. The van der Waals surface area contributed by atoms with E-state index in [4.69, 9.17) is 14.5 Å². The Morgan fingerprint density at radius 2 is 1.03 bits per heavy atom. The molecule has 5 nitrogen and oxygen atoms in total. The number of piperidine rings is 2. The molecular formula is C31H43N3O2. The van der Waals surface area contributed by atoms with Crippen molar-refractivity contribution in [1.29, 1.82) is 0 Å². The zero-order valence-electron chi connectivity index (χ0n) is 21.9. The Morgan fingerprint density at radius 3 is 1.50 bits per heavy atom. The second-order valence-corrected chi connectivity index (χ2v) is 10.6. The Morgan fingerprint density at radius 1 is 0.556 bits per heavy atom. The number of likely N-dealkylation sites (tertiary alicyclic amines) is 2. The molecule has 2 aliphatic heterocycles. The molecule has 2 saturated heterocycles. The second-order valence-electron chi connectivity index (χ2n) is 10.6. The van der Waals surface area contributed by atoms with Crippen LogP contribution in [0, 0.1) is 0 Å². The summed E-state index contributed by atoms with van der Waals surface area (Å²) in [5.41, 5.74) is 1.96. The predicted octanol–water partition coefficient (Wildman–Crippen LogP) is 6.68. The number of pyridine rings is 1. The standard InChI is InChI=1S/C31H43N3O2/c1-3-15-33(16-4-1)19-7-9-21-35-28-13-11-26-23-27-12-14-29(25-31(27)32-30(26)24-28)36-22-10-8-20-34-17-5-2-6-18-34/h11-14,23-25H,1-10,15-22H2. The summed E-state index contributed by atoms with van der Waals surface area (Å²) in [5.74, 6) is 1.82. The monoisotopic (exact) mass is 489 g/mol. The van der Waals surface area contributed by atoms with Crippen molar-refractivity contribution in [2.45, 2.75) is 64.2 Å². The molecule has 0 atom stereocenters. The minimum atomic E-state index is 0.767. The van der Waals surface area contributed by atoms with E-state index in [-0.39, 0.29) is 0 Å². The molecule has 0 saturated carbocycles. The number of hydrogen-bond acceptors (Lipinski definition) is 5. The van der Waals surface area contributed by atoms with Crippen LogP contribution in [-0.2, 0) is 0 Å². The molecule has 2 fully saturated rings. The Labute approximate surface area is 216 Å². The third-order valence-corrected chi connectivity index (χ3v) is 7.73. The molecule has 5 heteroatoms. The van der Waals surface area contributed by atoms with Gasteiger partial charge < -0.3 is 19.3 Å². The number of rotatable bonds is 12. The zero-order chi connectivity index (χ0) is 24.4. The highest BCUT2D eigenvalue weighted by Gasteiger charge is 2.10. The number of fused-ring (bicyclic) bond motifs is 2. The summed E-state index contributed by atoms with van der Waals surface area (Å²) in [5, 5.41) is 2.29. The van der Waals surface area contributed by atoms with E-state index in [1.165, 1.54) is 90.6 Å². The first-order chi connectivity index (χ1) is 17.8. The summed E-state index contributed by atoms with van der Waals surface area (Å²) in [4.78, 5) is 10.1. The number of benzene rings is 2. The maximum Gasteiger partial charge on any atom is 0.121 e. The summed E-state index contributed by atoms with van der Waals surface area (Å²) in [6, 6.07) is 14.8. The van der Waals surface area contributed by atoms with Crippen LogP contribution in [0.4, 0.5) is 0 Å². The average Bonchev–Trinajstić information content (AvgIpc) is 2.92. The van der Waals surface area contributed by atoms with Gasteiger partial charge in [0.25, 0.3) is 0 Å². The van der Waals surface area contributed by atoms with Crippen LogP contribution in [0.2, 0.25) is 0 Å². The van der Waals surface area contributed by atoms with Gasteiger partial charge in [0.1, 0.15) is 11.5 Å². The van der Waals surface area contributed by atoms with Crippen molar-refractivity contribution in [1.82, 2.24) is 14.8 Å². The van der Waals surface area contributed by atoms with Crippen molar-refractivity contribution in [2.24, 2.45) is 0 Å². The summed E-state index contributed by atoms with van der Waals surface area (Å²) in [6.45, 7) is 9.04. The number of hydrogen-bond donors (Lipinski definition) is 0. The van der Waals surface area contributed by atoms with E-state index < -0.39 is 0 Å². The van der Waals surface area contributed by atoms with Crippen molar-refractivity contribution in [3.63, 3.8) is 0 Å². The molecule has 0 unspecified atom stereocenters. The molecule has 0 N–H and O–H groups in total. The highest BCUT2D eigenvalue weighted by molar-refractivity contribution is 5.93. The molecule has 0 amide bonds. The lowest BCUT2D eigenvalue weighted by atomic mass is 10.1. The van der Waals surface area contributed by atoms with Gasteiger partial charge in [-0.1, -0.05) is 12.8 Å². The van der Waals surface area contributed by atoms with Crippen LogP contribution in [0.3, 0.4) is 0 Å². The molecule has 2 aliphatic rings. The summed E-state index contributed by atoms with van der Waals surface area (Å²) in [6.07, 6.45) is 12.9. The second kappa shape index (κ2) is 13.3. The van der Waals surface area contributed by atoms with Gasteiger partial charge in [-0.2, -0.15) is 0 Å². The fourth-order valence-corrected chi connectivity index (χ4v) is 5.58. The van der Waals surface area contributed by atoms with Crippen LogP contribution in [-0.4, -0.2) is 67.3 Å². The van der Waals surface area contributed by atoms with E-state index in [2.05, 4.69) is 52.3 Å². The van der Waals surface area contributed by atoms with Crippen molar-refractivity contribution in [2.75, 3.05) is 52.5 Å². The molecule has 5 rings (SSSR count). The minimum absolute atomic E-state index is 0.767. The molecule has 0 bridgehead atoms. The van der Waals surface area contributed by atoms with Crippen molar-refractivity contribution in [3.05, 3.63) is 42.5 Å². The lowest BCUT2D eigenvalue weighted by Gasteiger charge is -2.26. The highest BCUT2D eigenvalue weighted by Crippen LogP contribution is 2.26. The van der Waals surface area contributed by atoms with Crippen LogP contribution >= 0.6 is 0 Å². The van der Waals surface area contributed by atoms with Crippen molar-refractivity contribution >= 4 is 21.8 Å². The number of nitrogens with zero attached hydrogens (tertiary/aromatic N) is 3. The molecule has 3 aromatic rings. The third-order valence-electron chi connectivity index (χ3n) is 7.73. The first kappa shape index (κ1) is 25.3. The summed E-state index contributed by atoms with van der Waals surface area (Å²) < 4.78 is 12.1. The van der Waals surface area contributed by atoms with Gasteiger partial charge in [-0.15, -0.1) is 0 Å². The van der Waals surface area contributed by atoms with E-state index >= 15 is 0 Å². The van der Waals surface area contributed by atoms with Gasteiger partial charge in [0.05, 0.1) is 24.2 Å². The molecule has 36 heavy (non-hydrogen) atoms. The molecular weight excluding hydrogens is 446 g/mol. The van der Waals surface area contributed by atoms with Crippen LogP contribution in [0.1, 0.15) is 64.2 Å². The number of ether oxygens (including phenoxy) is 2.